The molecule has 1 aromatic carbocycles. The molecule has 10 heteroatoms. The molecule has 3 aliphatic rings. The van der Waals surface area contributed by atoms with Crippen molar-refractivity contribution in [3.05, 3.63) is 60.3 Å². The van der Waals surface area contributed by atoms with Crippen LogP contribution in [0.3, 0.4) is 0 Å². The number of ether oxygens (including phenoxy) is 1. The molecule has 3 N–H and O–H groups in total. The van der Waals surface area contributed by atoms with E-state index < -0.39 is 11.5 Å². The average molecular weight is 549 g/mol. The monoisotopic (exact) mass is 548 g/mol. The summed E-state index contributed by atoms with van der Waals surface area (Å²) < 4.78 is 7.24. The Balaban J connectivity index is 1.32. The van der Waals surface area contributed by atoms with Crippen molar-refractivity contribution < 1.29 is 19.1 Å². The van der Waals surface area contributed by atoms with Crippen molar-refractivity contribution >= 4 is 23.5 Å². The fourth-order valence-electron chi connectivity index (χ4n) is 6.07. The molecular weight excluding hydrogens is 508 g/mol. The number of carbonyl (C=O) groups excluding carboxylic acids is 3. The topological polar surface area (TPSA) is 118 Å². The molecule has 214 valence electrons. The Morgan fingerprint density at radius 1 is 1.12 bits per heavy atom. The summed E-state index contributed by atoms with van der Waals surface area (Å²) in [6.45, 7) is 2.74. The van der Waals surface area contributed by atoms with Crippen LogP contribution in [0, 0.1) is 11.3 Å². The van der Waals surface area contributed by atoms with E-state index in [1.165, 1.54) is 0 Å². The molecule has 3 amide bonds. The summed E-state index contributed by atoms with van der Waals surface area (Å²) in [7, 11) is 1.81. The molecule has 2 aromatic rings. The van der Waals surface area contributed by atoms with Crippen LogP contribution < -0.4 is 16.0 Å². The first-order valence-electron chi connectivity index (χ1n) is 14.3. The van der Waals surface area contributed by atoms with Crippen LogP contribution in [0.1, 0.15) is 37.7 Å². The Morgan fingerprint density at radius 2 is 1.93 bits per heavy atom. The maximum atomic E-state index is 13.7. The number of anilines is 1. The number of aryl methyl sites for hydroxylation is 1. The number of piperidine rings is 1. The van der Waals surface area contributed by atoms with Crippen LogP contribution in [-0.2, 0) is 32.6 Å². The molecular formula is C30H40N6O4. The van der Waals surface area contributed by atoms with Gasteiger partial charge in [0.25, 0.3) is 0 Å². The third-order valence-corrected chi connectivity index (χ3v) is 8.44. The van der Waals surface area contributed by atoms with E-state index in [0.717, 1.165) is 18.4 Å². The van der Waals surface area contributed by atoms with E-state index in [2.05, 4.69) is 38.1 Å². The van der Waals surface area contributed by atoms with Gasteiger partial charge in [-0.2, -0.15) is 5.10 Å². The van der Waals surface area contributed by atoms with Crippen LogP contribution in [0.5, 0.6) is 0 Å². The van der Waals surface area contributed by atoms with E-state index in [1.807, 2.05) is 37.4 Å². The molecule has 2 fully saturated rings. The lowest BCUT2D eigenvalue weighted by Gasteiger charge is -2.40. The van der Waals surface area contributed by atoms with Gasteiger partial charge in [0, 0.05) is 58.1 Å². The highest BCUT2D eigenvalue weighted by molar-refractivity contribution is 5.91. The number of hydrogen-bond acceptors (Lipinski definition) is 6. The number of nitrogens with zero attached hydrogens (tertiary/aromatic N) is 3. The number of allylic oxidation sites excluding steroid dienone is 2. The number of aromatic nitrogens is 2. The van der Waals surface area contributed by atoms with Crippen molar-refractivity contribution in [2.24, 2.45) is 18.4 Å². The normalized spacial score (nSPS) is 26.5. The zero-order chi connectivity index (χ0) is 28.0. The second-order valence-electron chi connectivity index (χ2n) is 11.3. The number of hydrogen-bond donors (Lipinski definition) is 3. The summed E-state index contributed by atoms with van der Waals surface area (Å²) in [6.07, 6.45) is 9.88. The molecule has 40 heavy (non-hydrogen) atoms. The van der Waals surface area contributed by atoms with E-state index in [-0.39, 0.29) is 36.2 Å². The molecule has 2 saturated heterocycles. The lowest BCUT2D eigenvalue weighted by molar-refractivity contribution is -0.140. The minimum atomic E-state index is -0.666. The van der Waals surface area contributed by atoms with Crippen LogP contribution in [-0.4, -0.2) is 77.3 Å². The fraction of sp³-hybridized carbons (Fsp3) is 0.533. The van der Waals surface area contributed by atoms with E-state index in [0.29, 0.717) is 57.8 Å². The van der Waals surface area contributed by atoms with Gasteiger partial charge in [-0.05, 0) is 43.6 Å². The zero-order valence-corrected chi connectivity index (χ0v) is 23.2. The van der Waals surface area contributed by atoms with Crippen molar-refractivity contribution in [3.63, 3.8) is 0 Å². The number of benzene rings is 1. The maximum absolute atomic E-state index is 13.7. The highest BCUT2D eigenvalue weighted by Crippen LogP contribution is 2.36. The molecule has 3 atom stereocenters. The highest BCUT2D eigenvalue weighted by Gasteiger charge is 2.41. The summed E-state index contributed by atoms with van der Waals surface area (Å²) in [5.74, 6) is 0.367. The summed E-state index contributed by atoms with van der Waals surface area (Å²) in [4.78, 5) is 42.2. The Labute approximate surface area is 235 Å². The zero-order valence-electron chi connectivity index (χ0n) is 23.2. The molecule has 0 saturated carbocycles. The maximum Gasteiger partial charge on any atom is 0.243 e. The van der Waals surface area contributed by atoms with Gasteiger partial charge in [0.05, 0.1) is 12.0 Å². The van der Waals surface area contributed by atoms with Gasteiger partial charge < -0.3 is 20.7 Å². The van der Waals surface area contributed by atoms with Crippen LogP contribution in [0.15, 0.2) is 54.7 Å². The van der Waals surface area contributed by atoms with Crippen LogP contribution in [0.2, 0.25) is 0 Å². The van der Waals surface area contributed by atoms with E-state index in [1.54, 1.807) is 16.9 Å². The van der Waals surface area contributed by atoms with Crippen molar-refractivity contribution in [2.45, 2.75) is 50.6 Å². The molecule has 0 unspecified atom stereocenters. The molecule has 0 bridgehead atoms. The van der Waals surface area contributed by atoms with Crippen LogP contribution in [0.4, 0.5) is 5.82 Å². The first-order valence-corrected chi connectivity index (χ1v) is 14.3. The largest absolute Gasteiger partial charge is 0.381 e. The minimum absolute atomic E-state index is 0.0427. The van der Waals surface area contributed by atoms with E-state index >= 15 is 0 Å². The third kappa shape index (κ3) is 6.98. The van der Waals surface area contributed by atoms with Gasteiger partial charge in [0.2, 0.25) is 17.7 Å². The Morgan fingerprint density at radius 3 is 2.67 bits per heavy atom. The molecule has 5 rings (SSSR count). The Kier molecular flexibility index (Phi) is 8.96. The third-order valence-electron chi connectivity index (χ3n) is 8.44. The summed E-state index contributed by atoms with van der Waals surface area (Å²) in [6, 6.07) is 10.9. The second-order valence-corrected chi connectivity index (χ2v) is 11.3. The van der Waals surface area contributed by atoms with E-state index in [9.17, 15) is 14.4 Å². The van der Waals surface area contributed by atoms with Crippen LogP contribution in [0.25, 0.3) is 0 Å². The molecule has 10 nitrogen and oxygen atoms in total. The first kappa shape index (κ1) is 28.0. The SMILES string of the molecule is Cn1ccc(NC(=O)CN2CC[C@H]3NC(=O)[C@H](Cc4ccccc4)NC(=O)C4(C/C=C/C[C@H]3C2)CCOCC4)n1. The van der Waals surface area contributed by atoms with Gasteiger partial charge in [0.15, 0.2) is 5.82 Å². The fourth-order valence-corrected chi connectivity index (χ4v) is 6.07. The summed E-state index contributed by atoms with van der Waals surface area (Å²) in [5.41, 5.74) is 0.423. The number of amides is 3. The minimum Gasteiger partial charge on any atom is -0.381 e. The van der Waals surface area contributed by atoms with Crippen molar-refractivity contribution in [1.82, 2.24) is 25.3 Å². The van der Waals surface area contributed by atoms with Gasteiger partial charge in [-0.25, -0.2) is 0 Å². The molecule has 0 radical (unpaired) electrons. The number of nitrogens with one attached hydrogen (secondary N) is 3. The Hall–Kier alpha value is -3.50. The van der Waals surface area contributed by atoms with Gasteiger partial charge in [0.1, 0.15) is 6.04 Å². The molecule has 0 aliphatic carbocycles. The smallest absolute Gasteiger partial charge is 0.243 e. The molecule has 4 heterocycles. The number of fused-ring (bicyclic) bond motifs is 1. The second kappa shape index (κ2) is 12.8. The van der Waals surface area contributed by atoms with Gasteiger partial charge in [-0.15, -0.1) is 0 Å². The van der Waals surface area contributed by atoms with Crippen molar-refractivity contribution in [2.75, 3.05) is 38.2 Å². The van der Waals surface area contributed by atoms with Gasteiger partial charge in [-0.3, -0.25) is 24.0 Å². The number of rotatable bonds is 5. The highest BCUT2D eigenvalue weighted by atomic mass is 16.5. The predicted octanol–water partition coefficient (Wildman–Crippen LogP) is 2.04. The molecule has 1 aromatic heterocycles. The molecule has 3 aliphatic heterocycles. The van der Waals surface area contributed by atoms with Crippen molar-refractivity contribution in [1.29, 1.82) is 0 Å². The average Bonchev–Trinajstić information content (AvgIpc) is 3.36. The summed E-state index contributed by atoms with van der Waals surface area (Å²) in [5, 5.41) is 13.5. The number of likely N-dealkylation sites (tertiary alicyclic amines) is 1. The van der Waals surface area contributed by atoms with Crippen LogP contribution >= 0.6 is 0 Å². The predicted molar refractivity (Wildman–Crippen MR) is 151 cm³/mol. The molecule has 1 spiro atoms. The lowest BCUT2D eigenvalue weighted by atomic mass is 9.75. The standard InChI is InChI=1S/C30H40N6O4/c1-35-15-11-26(34-35)33-27(37)21-36-16-10-24-23(20-36)9-5-6-12-30(13-17-40-18-14-30)29(39)32-25(28(38)31-24)19-22-7-3-2-4-8-22/h2-8,11,15,23-25H,9-10,12-14,16-21H2,1H3,(H,31,38)(H,32,39)(H,33,34,37)/b6-5+/t23-,24+,25-/m0/s1. The Bertz CT molecular complexity index is 1210. The lowest BCUT2D eigenvalue weighted by Crippen LogP contribution is -2.58. The summed E-state index contributed by atoms with van der Waals surface area (Å²) >= 11 is 0. The van der Waals surface area contributed by atoms with E-state index in [4.69, 9.17) is 4.74 Å². The van der Waals surface area contributed by atoms with Gasteiger partial charge in [-0.1, -0.05) is 42.5 Å². The van der Waals surface area contributed by atoms with Gasteiger partial charge >= 0.3 is 0 Å². The first-order chi connectivity index (χ1) is 19.4. The number of carbonyl (C=O) groups is 3. The quantitative estimate of drug-likeness (QED) is 0.493. The van der Waals surface area contributed by atoms with Crippen molar-refractivity contribution in [3.8, 4) is 0 Å².